The van der Waals surface area contributed by atoms with Gasteiger partial charge in [0.1, 0.15) is 17.5 Å². The van der Waals surface area contributed by atoms with Gasteiger partial charge >= 0.3 is 0 Å². The number of benzene rings is 3. The summed E-state index contributed by atoms with van der Waals surface area (Å²) in [6.07, 6.45) is 1.42. The number of halogens is 2. The minimum absolute atomic E-state index is 0.104. The number of carbonyl (C=O) groups excluding carboxylic acids is 2. The van der Waals surface area contributed by atoms with Gasteiger partial charge in [0.15, 0.2) is 18.1 Å². The smallest absolute Gasteiger partial charge is 0.266 e. The topological polar surface area (TPSA) is 100 Å². The molecule has 7 nitrogen and oxygen atoms in total. The van der Waals surface area contributed by atoms with Crippen molar-refractivity contribution in [2.75, 3.05) is 24.4 Å². The van der Waals surface area contributed by atoms with Crippen LogP contribution in [-0.2, 0) is 9.59 Å². The van der Waals surface area contributed by atoms with Crippen molar-refractivity contribution in [2.45, 2.75) is 6.92 Å². The molecule has 0 aliphatic heterocycles. The highest BCUT2D eigenvalue weighted by atomic mass is 79.9. The average molecular weight is 538 g/mol. The predicted molar refractivity (Wildman–Crippen MR) is 135 cm³/mol. The number of hydrogen-bond acceptors (Lipinski definition) is 5. The van der Waals surface area contributed by atoms with Crippen LogP contribution in [0, 0.1) is 24.1 Å². The van der Waals surface area contributed by atoms with Crippen molar-refractivity contribution in [3.8, 4) is 17.6 Å². The zero-order chi connectivity index (χ0) is 25.4. The molecule has 0 saturated carbocycles. The van der Waals surface area contributed by atoms with Crippen molar-refractivity contribution in [3.05, 3.63) is 87.7 Å². The molecule has 0 heterocycles. The van der Waals surface area contributed by atoms with Gasteiger partial charge in [-0.15, -0.1) is 0 Å². The minimum atomic E-state index is -0.550. The van der Waals surface area contributed by atoms with E-state index in [1.807, 2.05) is 19.1 Å². The first-order valence-corrected chi connectivity index (χ1v) is 11.1. The zero-order valence-corrected chi connectivity index (χ0v) is 20.5. The lowest BCUT2D eigenvalue weighted by Crippen LogP contribution is -2.20. The molecule has 35 heavy (non-hydrogen) atoms. The predicted octanol–water partition coefficient (Wildman–Crippen LogP) is 5.47. The lowest BCUT2D eigenvalue weighted by molar-refractivity contribution is -0.118. The number of carbonyl (C=O) groups is 2. The Morgan fingerprint density at radius 3 is 2.49 bits per heavy atom. The maximum Gasteiger partial charge on any atom is 0.266 e. The maximum atomic E-state index is 13.0. The number of anilines is 2. The first-order valence-electron chi connectivity index (χ1n) is 10.3. The zero-order valence-electron chi connectivity index (χ0n) is 18.9. The number of methoxy groups -OCH3 is 1. The summed E-state index contributed by atoms with van der Waals surface area (Å²) >= 11 is 3.38. The number of nitrogens with one attached hydrogen (secondary N) is 2. The second kappa shape index (κ2) is 11.8. The molecule has 178 valence electrons. The van der Waals surface area contributed by atoms with E-state index < -0.39 is 17.6 Å². The van der Waals surface area contributed by atoms with E-state index in [9.17, 15) is 19.2 Å². The van der Waals surface area contributed by atoms with Crippen LogP contribution in [0.4, 0.5) is 15.8 Å². The van der Waals surface area contributed by atoms with Crippen LogP contribution in [0.25, 0.3) is 6.08 Å². The molecule has 0 atom stereocenters. The normalized spacial score (nSPS) is 10.8. The Morgan fingerprint density at radius 2 is 1.83 bits per heavy atom. The maximum absolute atomic E-state index is 13.0. The third-order valence-electron chi connectivity index (χ3n) is 4.68. The van der Waals surface area contributed by atoms with Crippen LogP contribution < -0.4 is 20.1 Å². The number of nitrogens with zero attached hydrogens (tertiary/aromatic N) is 1. The Morgan fingerprint density at radius 1 is 1.09 bits per heavy atom. The third kappa shape index (κ3) is 7.16. The summed E-state index contributed by atoms with van der Waals surface area (Å²) < 4.78 is 24.5. The van der Waals surface area contributed by atoms with Crippen LogP contribution in [0.1, 0.15) is 11.1 Å². The van der Waals surface area contributed by atoms with Crippen LogP contribution in [0.2, 0.25) is 0 Å². The molecular formula is C26H21BrFN3O4. The van der Waals surface area contributed by atoms with Gasteiger partial charge in [-0.3, -0.25) is 9.59 Å². The number of hydrogen-bond donors (Lipinski definition) is 2. The van der Waals surface area contributed by atoms with Gasteiger partial charge in [0.2, 0.25) is 0 Å². The number of rotatable bonds is 8. The summed E-state index contributed by atoms with van der Waals surface area (Å²) in [6.45, 7) is 1.57. The number of aryl methyl sites for hydroxylation is 1. The fourth-order valence-electron chi connectivity index (χ4n) is 3.07. The third-order valence-corrected chi connectivity index (χ3v) is 5.27. The number of amides is 2. The van der Waals surface area contributed by atoms with Gasteiger partial charge in [0, 0.05) is 11.4 Å². The van der Waals surface area contributed by atoms with Crippen molar-refractivity contribution in [1.29, 1.82) is 5.26 Å². The average Bonchev–Trinajstić information content (AvgIpc) is 2.82. The lowest BCUT2D eigenvalue weighted by Gasteiger charge is -2.14. The van der Waals surface area contributed by atoms with Crippen molar-refractivity contribution >= 4 is 45.2 Å². The second-order valence-corrected chi connectivity index (χ2v) is 8.23. The molecule has 0 aromatic heterocycles. The summed E-state index contributed by atoms with van der Waals surface area (Å²) in [6, 6.07) is 17.7. The van der Waals surface area contributed by atoms with E-state index in [1.165, 1.54) is 37.5 Å². The van der Waals surface area contributed by atoms with Gasteiger partial charge in [-0.1, -0.05) is 12.1 Å². The van der Waals surface area contributed by atoms with Crippen LogP contribution >= 0.6 is 15.9 Å². The Kier molecular flexibility index (Phi) is 8.59. The molecule has 0 bridgehead atoms. The summed E-state index contributed by atoms with van der Waals surface area (Å²) in [4.78, 5) is 24.8. The molecule has 0 spiro atoms. The monoisotopic (exact) mass is 537 g/mol. The quantitative estimate of drug-likeness (QED) is 0.293. The van der Waals surface area contributed by atoms with Crippen LogP contribution in [-0.4, -0.2) is 25.5 Å². The highest BCUT2D eigenvalue weighted by Crippen LogP contribution is 2.37. The molecular weight excluding hydrogens is 517 g/mol. The van der Waals surface area contributed by atoms with Gasteiger partial charge in [0.25, 0.3) is 11.8 Å². The van der Waals surface area contributed by atoms with E-state index in [2.05, 4.69) is 26.6 Å². The van der Waals surface area contributed by atoms with Gasteiger partial charge in [0.05, 0.1) is 11.6 Å². The van der Waals surface area contributed by atoms with E-state index in [1.54, 1.807) is 30.3 Å². The largest absolute Gasteiger partial charge is 0.493 e. The van der Waals surface area contributed by atoms with Crippen molar-refractivity contribution in [2.24, 2.45) is 0 Å². The molecule has 0 unspecified atom stereocenters. The summed E-state index contributed by atoms with van der Waals surface area (Å²) in [7, 11) is 1.43. The second-order valence-electron chi connectivity index (χ2n) is 7.37. The van der Waals surface area contributed by atoms with E-state index in [0.29, 0.717) is 21.4 Å². The SMILES string of the molecule is COc1cc(/C=C(\C#N)C(=O)Nc2cccc(C)c2)cc(Br)c1OCC(=O)Nc1ccc(F)cc1. The summed E-state index contributed by atoms with van der Waals surface area (Å²) in [5.74, 6) is -0.854. The summed E-state index contributed by atoms with van der Waals surface area (Å²) in [5, 5.41) is 14.8. The van der Waals surface area contributed by atoms with E-state index in [0.717, 1.165) is 5.56 Å². The van der Waals surface area contributed by atoms with Crippen molar-refractivity contribution in [1.82, 2.24) is 0 Å². The van der Waals surface area contributed by atoms with Gasteiger partial charge in [-0.25, -0.2) is 4.39 Å². The van der Waals surface area contributed by atoms with E-state index >= 15 is 0 Å². The fourth-order valence-corrected chi connectivity index (χ4v) is 3.64. The Labute approximate surface area is 210 Å². The molecule has 3 rings (SSSR count). The Bertz CT molecular complexity index is 1320. The minimum Gasteiger partial charge on any atom is -0.493 e. The molecule has 3 aromatic carbocycles. The fraction of sp³-hybridized carbons (Fsp3) is 0.115. The first kappa shape index (κ1) is 25.5. The van der Waals surface area contributed by atoms with Crippen LogP contribution in [0.15, 0.2) is 70.7 Å². The van der Waals surface area contributed by atoms with E-state index in [4.69, 9.17) is 9.47 Å². The molecule has 9 heteroatoms. The van der Waals surface area contributed by atoms with E-state index in [-0.39, 0.29) is 23.7 Å². The number of ether oxygens (including phenoxy) is 2. The molecule has 2 N–H and O–H groups in total. The number of nitriles is 1. The standard InChI is InChI=1S/C26H21BrFN3O4/c1-16-4-3-5-21(10-16)31-26(33)18(14-29)11-17-12-22(27)25(23(13-17)34-2)35-15-24(32)30-20-8-6-19(28)7-9-20/h3-13H,15H2,1-2H3,(H,30,32)(H,31,33)/b18-11+. The van der Waals surface area contributed by atoms with Gasteiger partial charge < -0.3 is 20.1 Å². The molecule has 0 radical (unpaired) electrons. The van der Waals surface area contributed by atoms with Crippen molar-refractivity contribution in [3.63, 3.8) is 0 Å². The highest BCUT2D eigenvalue weighted by Gasteiger charge is 2.15. The molecule has 3 aromatic rings. The molecule has 0 saturated heterocycles. The van der Waals surface area contributed by atoms with Crippen molar-refractivity contribution < 1.29 is 23.5 Å². The molecule has 2 amide bonds. The van der Waals surface area contributed by atoms with Crippen LogP contribution in [0.5, 0.6) is 11.5 Å². The first-order chi connectivity index (χ1) is 16.8. The van der Waals surface area contributed by atoms with Crippen LogP contribution in [0.3, 0.4) is 0 Å². The molecule has 0 aliphatic rings. The lowest BCUT2D eigenvalue weighted by atomic mass is 10.1. The van der Waals surface area contributed by atoms with Gasteiger partial charge in [-0.05, 0) is 88.6 Å². The molecule has 0 aliphatic carbocycles. The Hall–Kier alpha value is -4.16. The highest BCUT2D eigenvalue weighted by molar-refractivity contribution is 9.10. The summed E-state index contributed by atoms with van der Waals surface area (Å²) in [5.41, 5.74) is 2.39. The Balaban J connectivity index is 1.73. The van der Waals surface area contributed by atoms with Gasteiger partial charge in [-0.2, -0.15) is 5.26 Å². The molecule has 0 fully saturated rings.